The van der Waals surface area contributed by atoms with E-state index in [4.69, 9.17) is 4.74 Å². The van der Waals surface area contributed by atoms with Crippen LogP contribution in [0.4, 0.5) is 5.69 Å². The van der Waals surface area contributed by atoms with E-state index in [9.17, 15) is 4.79 Å². The molecule has 148 valence electrons. The zero-order valence-electron chi connectivity index (χ0n) is 16.4. The fraction of sp³-hybridized carbons (Fsp3) is 0.250. The molecule has 0 saturated carbocycles. The van der Waals surface area contributed by atoms with Gasteiger partial charge in [-0.3, -0.25) is 4.79 Å². The molecule has 0 radical (unpaired) electrons. The van der Waals surface area contributed by atoms with Gasteiger partial charge >= 0.3 is 0 Å². The minimum absolute atomic E-state index is 0.0841. The third-order valence-electron chi connectivity index (χ3n) is 5.13. The second-order valence-electron chi connectivity index (χ2n) is 7.20. The molecule has 4 rings (SSSR count). The number of nitrogens with one attached hydrogen (secondary N) is 1. The normalized spacial score (nSPS) is 14.3. The summed E-state index contributed by atoms with van der Waals surface area (Å²) in [5.41, 5.74) is 4.71. The first-order valence-corrected chi connectivity index (χ1v) is 10.1. The number of benzene rings is 3. The number of fused-ring (bicyclic) bond motifs is 1. The lowest BCUT2D eigenvalue weighted by molar-refractivity contribution is -0.123. The first-order valence-electron chi connectivity index (χ1n) is 10.1. The lowest BCUT2D eigenvalue weighted by atomic mass is 10.1. The van der Waals surface area contributed by atoms with Gasteiger partial charge in [0.1, 0.15) is 5.75 Å². The second kappa shape index (κ2) is 9.24. The molecule has 5 heteroatoms. The lowest BCUT2D eigenvalue weighted by Crippen LogP contribution is -2.29. The van der Waals surface area contributed by atoms with E-state index in [1.54, 1.807) is 6.21 Å². The summed E-state index contributed by atoms with van der Waals surface area (Å²) in [4.78, 5) is 14.5. The maximum atomic E-state index is 12.0. The minimum Gasteiger partial charge on any atom is -0.483 e. The molecule has 29 heavy (non-hydrogen) atoms. The molecule has 3 aromatic rings. The molecule has 1 amide bonds. The van der Waals surface area contributed by atoms with Crippen LogP contribution < -0.4 is 15.1 Å². The van der Waals surface area contributed by atoms with Crippen LogP contribution in [0.5, 0.6) is 5.75 Å². The molecule has 1 heterocycles. The van der Waals surface area contributed by atoms with Crippen LogP contribution in [0.25, 0.3) is 10.8 Å². The number of hydrogen-bond donors (Lipinski definition) is 1. The molecule has 0 spiro atoms. The second-order valence-corrected chi connectivity index (χ2v) is 7.20. The number of ether oxygens (including phenoxy) is 1. The van der Waals surface area contributed by atoms with Gasteiger partial charge in [0.05, 0.1) is 6.21 Å². The summed E-state index contributed by atoms with van der Waals surface area (Å²) in [6, 6.07) is 22.0. The number of rotatable bonds is 6. The Morgan fingerprint density at radius 1 is 0.966 bits per heavy atom. The van der Waals surface area contributed by atoms with Crippen molar-refractivity contribution >= 4 is 28.6 Å². The van der Waals surface area contributed by atoms with E-state index < -0.39 is 0 Å². The van der Waals surface area contributed by atoms with E-state index in [0.717, 1.165) is 29.4 Å². The molecule has 1 fully saturated rings. The maximum absolute atomic E-state index is 12.0. The first-order chi connectivity index (χ1) is 14.3. The van der Waals surface area contributed by atoms with Crippen molar-refractivity contribution in [3.8, 4) is 5.75 Å². The predicted octanol–water partition coefficient (Wildman–Crippen LogP) is 4.36. The Bertz CT molecular complexity index is 987. The van der Waals surface area contributed by atoms with Crippen molar-refractivity contribution in [2.75, 3.05) is 24.6 Å². The predicted molar refractivity (Wildman–Crippen MR) is 118 cm³/mol. The van der Waals surface area contributed by atoms with E-state index in [1.807, 2.05) is 54.6 Å². The molecule has 0 bridgehead atoms. The van der Waals surface area contributed by atoms with Crippen molar-refractivity contribution in [1.82, 2.24) is 5.43 Å². The Labute approximate surface area is 171 Å². The molecule has 5 nitrogen and oxygen atoms in total. The fourth-order valence-corrected chi connectivity index (χ4v) is 3.60. The Morgan fingerprint density at radius 2 is 1.72 bits per heavy atom. The van der Waals surface area contributed by atoms with Crippen LogP contribution in [0.15, 0.2) is 71.8 Å². The van der Waals surface area contributed by atoms with Gasteiger partial charge in [-0.1, -0.05) is 48.5 Å². The number of nitrogens with zero attached hydrogens (tertiary/aromatic N) is 2. The third-order valence-corrected chi connectivity index (χ3v) is 5.13. The van der Waals surface area contributed by atoms with Crippen LogP contribution in [-0.4, -0.2) is 31.8 Å². The van der Waals surface area contributed by atoms with Crippen molar-refractivity contribution in [1.29, 1.82) is 0 Å². The molecule has 0 aromatic heterocycles. The highest BCUT2D eigenvalue weighted by Crippen LogP contribution is 2.25. The maximum Gasteiger partial charge on any atom is 0.277 e. The summed E-state index contributed by atoms with van der Waals surface area (Å²) in [5.74, 6) is 0.398. The summed E-state index contributed by atoms with van der Waals surface area (Å²) in [5, 5.41) is 6.11. The third kappa shape index (κ3) is 4.93. The lowest BCUT2D eigenvalue weighted by Gasteiger charge is -2.28. The standard InChI is InChI=1S/C24H25N3O2/c28-24(18-29-23-10-6-8-20-7-2-3-9-22(20)23)26-25-17-19-11-13-21(14-12-19)27-15-4-1-5-16-27/h2-3,6-14,17H,1,4-5,15-16,18H2,(H,26,28)/b25-17-. The Hall–Kier alpha value is -3.34. The van der Waals surface area contributed by atoms with E-state index in [1.165, 1.54) is 24.9 Å². The van der Waals surface area contributed by atoms with Crippen LogP contribution in [0.1, 0.15) is 24.8 Å². The van der Waals surface area contributed by atoms with Gasteiger partial charge < -0.3 is 9.64 Å². The number of carbonyl (C=O) groups is 1. The van der Waals surface area contributed by atoms with E-state index >= 15 is 0 Å². The van der Waals surface area contributed by atoms with E-state index in [0.29, 0.717) is 5.75 Å². The van der Waals surface area contributed by atoms with Gasteiger partial charge in [0.2, 0.25) is 0 Å². The summed E-state index contributed by atoms with van der Waals surface area (Å²) < 4.78 is 5.68. The molecule has 1 aliphatic heterocycles. The summed E-state index contributed by atoms with van der Waals surface area (Å²) >= 11 is 0. The zero-order valence-corrected chi connectivity index (χ0v) is 16.4. The Kier molecular flexibility index (Phi) is 6.05. The van der Waals surface area contributed by atoms with Crippen LogP contribution >= 0.6 is 0 Å². The fourth-order valence-electron chi connectivity index (χ4n) is 3.60. The molecule has 1 saturated heterocycles. The molecular formula is C24H25N3O2. The highest BCUT2D eigenvalue weighted by atomic mass is 16.5. The van der Waals surface area contributed by atoms with Gasteiger partial charge in [0.25, 0.3) is 5.91 Å². The van der Waals surface area contributed by atoms with Crippen molar-refractivity contribution in [2.24, 2.45) is 5.10 Å². The minimum atomic E-state index is -0.292. The number of carbonyl (C=O) groups excluding carboxylic acids is 1. The van der Waals surface area contributed by atoms with Crippen LogP contribution in [0.2, 0.25) is 0 Å². The topological polar surface area (TPSA) is 53.9 Å². The average molecular weight is 387 g/mol. The van der Waals surface area contributed by atoms with Gasteiger partial charge in [-0.2, -0.15) is 5.10 Å². The van der Waals surface area contributed by atoms with Crippen molar-refractivity contribution in [3.63, 3.8) is 0 Å². The SMILES string of the molecule is O=C(COc1cccc2ccccc12)N/N=C\c1ccc(N2CCCCC2)cc1. The van der Waals surface area contributed by atoms with Crippen molar-refractivity contribution in [2.45, 2.75) is 19.3 Å². The number of amides is 1. The van der Waals surface area contributed by atoms with Crippen LogP contribution in [0, 0.1) is 0 Å². The van der Waals surface area contributed by atoms with Crippen LogP contribution in [0.3, 0.4) is 0 Å². The number of piperidine rings is 1. The van der Waals surface area contributed by atoms with Crippen LogP contribution in [-0.2, 0) is 4.79 Å². The number of hydrogen-bond acceptors (Lipinski definition) is 4. The summed E-state index contributed by atoms with van der Waals surface area (Å²) in [7, 11) is 0. The van der Waals surface area contributed by atoms with Crippen molar-refractivity contribution < 1.29 is 9.53 Å². The molecular weight excluding hydrogens is 362 g/mol. The Morgan fingerprint density at radius 3 is 2.55 bits per heavy atom. The highest BCUT2D eigenvalue weighted by Gasteiger charge is 2.10. The molecule has 0 unspecified atom stereocenters. The van der Waals surface area contributed by atoms with E-state index in [-0.39, 0.29) is 12.5 Å². The van der Waals surface area contributed by atoms with Gasteiger partial charge in [-0.25, -0.2) is 5.43 Å². The number of anilines is 1. The molecule has 0 atom stereocenters. The van der Waals surface area contributed by atoms with Crippen molar-refractivity contribution in [3.05, 3.63) is 72.3 Å². The summed E-state index contributed by atoms with van der Waals surface area (Å²) in [6.07, 6.45) is 5.49. The van der Waals surface area contributed by atoms with Gasteiger partial charge in [-0.15, -0.1) is 0 Å². The van der Waals surface area contributed by atoms with E-state index in [2.05, 4.69) is 27.6 Å². The quantitative estimate of drug-likeness (QED) is 0.505. The largest absolute Gasteiger partial charge is 0.483 e. The Balaban J connectivity index is 1.28. The average Bonchev–Trinajstić information content (AvgIpc) is 2.79. The smallest absolute Gasteiger partial charge is 0.277 e. The highest BCUT2D eigenvalue weighted by molar-refractivity contribution is 5.89. The monoisotopic (exact) mass is 387 g/mol. The van der Waals surface area contributed by atoms with Gasteiger partial charge in [0.15, 0.2) is 6.61 Å². The first kappa shape index (κ1) is 19.0. The molecule has 0 aliphatic carbocycles. The number of hydrazone groups is 1. The van der Waals surface area contributed by atoms with Gasteiger partial charge in [0, 0.05) is 24.2 Å². The summed E-state index contributed by atoms with van der Waals surface area (Å²) in [6.45, 7) is 2.17. The molecule has 1 aliphatic rings. The zero-order chi connectivity index (χ0) is 19.9. The molecule has 3 aromatic carbocycles. The molecule has 1 N–H and O–H groups in total. The van der Waals surface area contributed by atoms with Gasteiger partial charge in [-0.05, 0) is 48.4 Å².